The third kappa shape index (κ3) is 3.62. The van der Waals surface area contributed by atoms with Crippen molar-refractivity contribution in [3.63, 3.8) is 0 Å². The highest BCUT2D eigenvalue weighted by Crippen LogP contribution is 2.41. The van der Waals surface area contributed by atoms with Crippen molar-refractivity contribution in [3.8, 4) is 10.7 Å². The number of hydrogen-bond acceptors (Lipinski definition) is 5. The van der Waals surface area contributed by atoms with Crippen LogP contribution in [0.4, 0.5) is 0 Å². The highest BCUT2D eigenvalue weighted by atomic mass is 32.2. The van der Waals surface area contributed by atoms with Crippen molar-refractivity contribution in [2.24, 2.45) is 0 Å². The van der Waals surface area contributed by atoms with Crippen LogP contribution in [0.2, 0.25) is 0 Å². The van der Waals surface area contributed by atoms with Crippen LogP contribution in [0.1, 0.15) is 54.6 Å². The summed E-state index contributed by atoms with van der Waals surface area (Å²) >= 11 is 3.17. The van der Waals surface area contributed by atoms with E-state index >= 15 is 0 Å². The smallest absolute Gasteiger partial charge is 0.192 e. The second kappa shape index (κ2) is 7.37. The lowest BCUT2D eigenvalue weighted by Crippen LogP contribution is -2.05. The normalized spacial score (nSPS) is 14.1. The molecular weight excluding hydrogens is 362 g/mol. The van der Waals surface area contributed by atoms with Crippen LogP contribution in [0.3, 0.4) is 0 Å². The molecule has 1 aliphatic rings. The number of benzene rings is 1. The standard InChI is InChI=1S/C20H21N3OS2/c1-13(2)14-5-7-15(8-6-14)17(24)12-26-20-22-21-19(18-4-3-11-25-18)23(20)16-9-10-16/h3-8,11,13,16H,9-10,12H2,1-2H3. The molecule has 3 aromatic rings. The number of aromatic nitrogens is 3. The molecule has 0 saturated heterocycles. The molecule has 0 atom stereocenters. The van der Waals surface area contributed by atoms with Crippen molar-refractivity contribution in [3.05, 3.63) is 52.9 Å². The maximum atomic E-state index is 12.6. The van der Waals surface area contributed by atoms with E-state index in [2.05, 4.69) is 40.1 Å². The fraction of sp³-hybridized carbons (Fsp3) is 0.350. The maximum absolute atomic E-state index is 12.6. The Morgan fingerprint density at radius 2 is 2.00 bits per heavy atom. The van der Waals surface area contributed by atoms with Crippen molar-refractivity contribution in [1.29, 1.82) is 0 Å². The summed E-state index contributed by atoms with van der Waals surface area (Å²) in [6, 6.07) is 12.5. The molecule has 4 rings (SSSR count). The molecule has 134 valence electrons. The highest BCUT2D eigenvalue weighted by molar-refractivity contribution is 7.99. The lowest BCUT2D eigenvalue weighted by atomic mass is 10.0. The zero-order chi connectivity index (χ0) is 18.1. The van der Waals surface area contributed by atoms with E-state index in [4.69, 9.17) is 0 Å². The van der Waals surface area contributed by atoms with Gasteiger partial charge in [0.15, 0.2) is 16.8 Å². The molecule has 0 aliphatic heterocycles. The Balaban J connectivity index is 1.48. The molecule has 1 fully saturated rings. The monoisotopic (exact) mass is 383 g/mol. The predicted octanol–water partition coefficient (Wildman–Crippen LogP) is 5.44. The van der Waals surface area contributed by atoms with Crippen LogP contribution in [0.5, 0.6) is 0 Å². The van der Waals surface area contributed by atoms with Crippen LogP contribution in [0.15, 0.2) is 46.9 Å². The summed E-state index contributed by atoms with van der Waals surface area (Å²) in [6.07, 6.45) is 2.32. The summed E-state index contributed by atoms with van der Waals surface area (Å²) in [5.41, 5.74) is 2.01. The number of carbonyl (C=O) groups excluding carboxylic acids is 1. The minimum atomic E-state index is 0.133. The highest BCUT2D eigenvalue weighted by Gasteiger charge is 2.30. The number of thiophene rings is 1. The lowest BCUT2D eigenvalue weighted by molar-refractivity contribution is 0.102. The first-order valence-corrected chi connectivity index (χ1v) is 10.7. The number of carbonyl (C=O) groups is 1. The Labute approximate surface area is 161 Å². The first-order chi connectivity index (χ1) is 12.6. The fourth-order valence-corrected chi connectivity index (χ4v) is 4.48. The van der Waals surface area contributed by atoms with Gasteiger partial charge >= 0.3 is 0 Å². The lowest BCUT2D eigenvalue weighted by Gasteiger charge is -2.08. The number of Topliss-reactive ketones (excluding diaryl/α,β-unsaturated/α-hetero) is 1. The summed E-state index contributed by atoms with van der Waals surface area (Å²) in [5, 5.41) is 11.7. The van der Waals surface area contributed by atoms with Crippen molar-refractivity contribution >= 4 is 28.9 Å². The van der Waals surface area contributed by atoms with E-state index < -0.39 is 0 Å². The first-order valence-electron chi connectivity index (χ1n) is 8.88. The van der Waals surface area contributed by atoms with Crippen molar-refractivity contribution in [2.45, 2.75) is 43.8 Å². The largest absolute Gasteiger partial charge is 0.298 e. The molecule has 1 aromatic carbocycles. The van der Waals surface area contributed by atoms with Crippen molar-refractivity contribution < 1.29 is 4.79 Å². The van der Waals surface area contributed by atoms with Gasteiger partial charge in [0.25, 0.3) is 0 Å². The van der Waals surface area contributed by atoms with Gasteiger partial charge in [-0.2, -0.15) is 0 Å². The van der Waals surface area contributed by atoms with Gasteiger partial charge in [0, 0.05) is 11.6 Å². The first kappa shape index (κ1) is 17.5. The molecule has 4 nitrogen and oxygen atoms in total. The third-order valence-corrected chi connectivity index (χ3v) is 6.36. The summed E-state index contributed by atoms with van der Waals surface area (Å²) in [5.74, 6) is 1.92. The minimum Gasteiger partial charge on any atom is -0.298 e. The van der Waals surface area contributed by atoms with Gasteiger partial charge in [-0.1, -0.05) is 55.9 Å². The van der Waals surface area contributed by atoms with Crippen molar-refractivity contribution in [1.82, 2.24) is 14.8 Å². The molecule has 0 radical (unpaired) electrons. The quantitative estimate of drug-likeness (QED) is 0.403. The molecule has 26 heavy (non-hydrogen) atoms. The van der Waals surface area contributed by atoms with Crippen LogP contribution >= 0.6 is 23.1 Å². The molecule has 0 spiro atoms. The number of hydrogen-bond donors (Lipinski definition) is 0. The van der Waals surface area contributed by atoms with Gasteiger partial charge in [-0.05, 0) is 35.8 Å². The molecule has 2 heterocycles. The van der Waals surface area contributed by atoms with E-state index in [0.29, 0.717) is 17.7 Å². The molecular formula is C20H21N3OS2. The number of nitrogens with zero attached hydrogens (tertiary/aromatic N) is 3. The topological polar surface area (TPSA) is 47.8 Å². The Morgan fingerprint density at radius 1 is 1.23 bits per heavy atom. The van der Waals surface area contributed by atoms with Gasteiger partial charge in [0.2, 0.25) is 0 Å². The van der Waals surface area contributed by atoms with E-state index in [9.17, 15) is 4.79 Å². The van der Waals surface area contributed by atoms with Gasteiger partial charge in [-0.15, -0.1) is 21.5 Å². The third-order valence-electron chi connectivity index (χ3n) is 4.55. The maximum Gasteiger partial charge on any atom is 0.192 e. The van der Waals surface area contributed by atoms with E-state index in [1.165, 1.54) is 17.3 Å². The van der Waals surface area contributed by atoms with Gasteiger partial charge in [-0.3, -0.25) is 9.36 Å². The number of rotatable bonds is 7. The van der Waals surface area contributed by atoms with E-state index in [1.54, 1.807) is 11.3 Å². The Kier molecular flexibility index (Phi) is 4.96. The number of ketones is 1. The van der Waals surface area contributed by atoms with Gasteiger partial charge in [0.1, 0.15) is 0 Å². The van der Waals surface area contributed by atoms with Crippen LogP contribution in [0, 0.1) is 0 Å². The number of thioether (sulfide) groups is 1. The molecule has 6 heteroatoms. The van der Waals surface area contributed by atoms with E-state index in [-0.39, 0.29) is 5.78 Å². The van der Waals surface area contributed by atoms with Crippen LogP contribution in [-0.2, 0) is 0 Å². The summed E-state index contributed by atoms with van der Waals surface area (Å²) in [6.45, 7) is 4.31. The van der Waals surface area contributed by atoms with Crippen LogP contribution in [-0.4, -0.2) is 26.3 Å². The summed E-state index contributed by atoms with van der Waals surface area (Å²) < 4.78 is 2.21. The molecule has 0 bridgehead atoms. The second-order valence-electron chi connectivity index (χ2n) is 6.87. The fourth-order valence-electron chi connectivity index (χ4n) is 2.88. The molecule has 0 N–H and O–H groups in total. The SMILES string of the molecule is CC(C)c1ccc(C(=O)CSc2nnc(-c3cccs3)n2C2CC2)cc1. The van der Waals surface area contributed by atoms with Crippen LogP contribution < -0.4 is 0 Å². The molecule has 0 amide bonds. The zero-order valence-corrected chi connectivity index (χ0v) is 16.5. The molecule has 0 unspecified atom stereocenters. The molecule has 2 aromatic heterocycles. The van der Waals surface area contributed by atoms with Gasteiger partial charge < -0.3 is 0 Å². The molecule has 1 saturated carbocycles. The average Bonchev–Trinajstić information content (AvgIpc) is 3.18. The molecule has 1 aliphatic carbocycles. The average molecular weight is 384 g/mol. The summed E-state index contributed by atoms with van der Waals surface area (Å²) in [4.78, 5) is 13.7. The van der Waals surface area contributed by atoms with Gasteiger partial charge in [-0.25, -0.2) is 0 Å². The predicted molar refractivity (Wildman–Crippen MR) is 107 cm³/mol. The van der Waals surface area contributed by atoms with Crippen LogP contribution in [0.25, 0.3) is 10.7 Å². The Bertz CT molecular complexity index is 894. The van der Waals surface area contributed by atoms with E-state index in [1.807, 2.05) is 30.3 Å². The van der Waals surface area contributed by atoms with E-state index in [0.717, 1.165) is 34.3 Å². The van der Waals surface area contributed by atoms with Gasteiger partial charge in [0.05, 0.1) is 10.6 Å². The second-order valence-corrected chi connectivity index (χ2v) is 8.76. The zero-order valence-electron chi connectivity index (χ0n) is 14.9. The van der Waals surface area contributed by atoms with Crippen molar-refractivity contribution in [2.75, 3.05) is 5.75 Å². The Hall–Kier alpha value is -1.92. The minimum absolute atomic E-state index is 0.133. The Morgan fingerprint density at radius 3 is 2.62 bits per heavy atom. The summed E-state index contributed by atoms with van der Waals surface area (Å²) in [7, 11) is 0.